The Morgan fingerprint density at radius 2 is 2.00 bits per heavy atom. The van der Waals surface area contributed by atoms with Gasteiger partial charge in [-0.15, -0.1) is 11.3 Å². The first-order chi connectivity index (χ1) is 10.0. The number of nitrogens with zero attached hydrogens (tertiary/aromatic N) is 2. The van der Waals surface area contributed by atoms with Gasteiger partial charge in [-0.3, -0.25) is 0 Å². The molecule has 0 atom stereocenters. The molecule has 0 amide bonds. The lowest BCUT2D eigenvalue weighted by molar-refractivity contribution is 0.582. The maximum absolute atomic E-state index is 5.63. The van der Waals surface area contributed by atoms with E-state index >= 15 is 0 Å². The van der Waals surface area contributed by atoms with Gasteiger partial charge < -0.3 is 9.73 Å². The summed E-state index contributed by atoms with van der Waals surface area (Å²) in [6.07, 6.45) is 0.866. The summed E-state index contributed by atoms with van der Waals surface area (Å²) in [5.41, 5.74) is 2.93. The molecule has 0 aliphatic carbocycles. The molecule has 0 unspecified atom stereocenters. The fraction of sp³-hybridized carbons (Fsp3) is 0.375. The summed E-state index contributed by atoms with van der Waals surface area (Å²) in [6, 6.07) is 8.34. The van der Waals surface area contributed by atoms with Crippen LogP contribution in [0.25, 0.3) is 11.1 Å². The van der Waals surface area contributed by atoms with Crippen molar-refractivity contribution >= 4 is 28.5 Å². The summed E-state index contributed by atoms with van der Waals surface area (Å²) in [5, 5.41) is 6.53. The summed E-state index contributed by atoms with van der Waals surface area (Å²) in [6.45, 7) is 7.32. The minimum absolute atomic E-state index is 0.122. The lowest BCUT2D eigenvalue weighted by atomic mass is 9.98. The van der Waals surface area contributed by atoms with Crippen molar-refractivity contribution in [2.75, 3.05) is 11.9 Å². The largest absolute Gasteiger partial charge is 0.424 e. The van der Waals surface area contributed by atoms with E-state index in [0.29, 0.717) is 6.01 Å². The fourth-order valence-electron chi connectivity index (χ4n) is 2.01. The van der Waals surface area contributed by atoms with Crippen molar-refractivity contribution in [3.63, 3.8) is 0 Å². The van der Waals surface area contributed by atoms with Gasteiger partial charge in [0.25, 0.3) is 6.01 Å². The zero-order valence-corrected chi connectivity index (χ0v) is 13.3. The number of fused-ring (bicyclic) bond motifs is 1. The SMILES string of the molecule is CC(C)(C)c1nc(CCNc2nc3ccccc3o2)cs1. The first-order valence-corrected chi connectivity index (χ1v) is 7.95. The molecular formula is C16H19N3OS. The van der Waals surface area contributed by atoms with Crippen LogP contribution < -0.4 is 5.32 Å². The molecule has 0 fully saturated rings. The van der Waals surface area contributed by atoms with E-state index in [4.69, 9.17) is 4.42 Å². The lowest BCUT2D eigenvalue weighted by Gasteiger charge is -2.13. The molecule has 4 nitrogen and oxygen atoms in total. The average molecular weight is 301 g/mol. The van der Waals surface area contributed by atoms with Crippen LogP contribution in [-0.4, -0.2) is 16.5 Å². The number of aromatic nitrogens is 2. The molecule has 0 spiro atoms. The first-order valence-electron chi connectivity index (χ1n) is 7.07. The van der Waals surface area contributed by atoms with E-state index in [1.165, 1.54) is 5.01 Å². The van der Waals surface area contributed by atoms with Crippen molar-refractivity contribution in [1.82, 2.24) is 9.97 Å². The maximum Gasteiger partial charge on any atom is 0.295 e. The third-order valence-corrected chi connectivity index (χ3v) is 4.46. The molecule has 2 aromatic heterocycles. The summed E-state index contributed by atoms with van der Waals surface area (Å²) in [4.78, 5) is 9.08. The topological polar surface area (TPSA) is 51.0 Å². The lowest BCUT2D eigenvalue weighted by Crippen LogP contribution is -2.11. The second kappa shape index (κ2) is 5.48. The normalized spacial score (nSPS) is 12.0. The molecule has 0 radical (unpaired) electrons. The van der Waals surface area contributed by atoms with Crippen LogP contribution in [0.5, 0.6) is 0 Å². The smallest absolute Gasteiger partial charge is 0.295 e. The first kappa shape index (κ1) is 14.1. The molecule has 0 aliphatic heterocycles. The highest BCUT2D eigenvalue weighted by Gasteiger charge is 2.17. The zero-order chi connectivity index (χ0) is 14.9. The van der Waals surface area contributed by atoms with Gasteiger partial charge in [-0.05, 0) is 12.1 Å². The number of rotatable bonds is 4. The molecule has 0 saturated carbocycles. The van der Waals surface area contributed by atoms with Crippen LogP contribution in [0, 0.1) is 0 Å². The van der Waals surface area contributed by atoms with Gasteiger partial charge in [0.05, 0.1) is 10.7 Å². The van der Waals surface area contributed by atoms with E-state index in [2.05, 4.69) is 41.4 Å². The van der Waals surface area contributed by atoms with Crippen molar-refractivity contribution < 1.29 is 4.42 Å². The van der Waals surface area contributed by atoms with Crippen molar-refractivity contribution in [1.29, 1.82) is 0 Å². The minimum atomic E-state index is 0.122. The molecule has 5 heteroatoms. The van der Waals surface area contributed by atoms with E-state index in [-0.39, 0.29) is 5.41 Å². The molecule has 3 rings (SSSR count). The summed E-state index contributed by atoms with van der Waals surface area (Å²) < 4.78 is 5.63. The Kier molecular flexibility index (Phi) is 3.68. The molecule has 2 heterocycles. The van der Waals surface area contributed by atoms with Gasteiger partial charge in [0, 0.05) is 23.8 Å². The van der Waals surface area contributed by atoms with Crippen LogP contribution >= 0.6 is 11.3 Å². The van der Waals surface area contributed by atoms with Gasteiger partial charge in [-0.2, -0.15) is 4.98 Å². The Morgan fingerprint density at radius 1 is 1.19 bits per heavy atom. The number of hydrogen-bond donors (Lipinski definition) is 1. The Labute approximate surface area is 128 Å². The van der Waals surface area contributed by atoms with Crippen molar-refractivity contribution in [3.8, 4) is 0 Å². The molecule has 110 valence electrons. The number of oxazole rings is 1. The van der Waals surface area contributed by atoms with Gasteiger partial charge in [-0.1, -0.05) is 32.9 Å². The second-order valence-corrected chi connectivity index (χ2v) is 6.92. The highest BCUT2D eigenvalue weighted by molar-refractivity contribution is 7.09. The average Bonchev–Trinajstić information content (AvgIpc) is 3.03. The monoisotopic (exact) mass is 301 g/mol. The highest BCUT2D eigenvalue weighted by Crippen LogP contribution is 2.25. The summed E-state index contributed by atoms with van der Waals surface area (Å²) in [5.74, 6) is 0. The number of hydrogen-bond acceptors (Lipinski definition) is 5. The van der Waals surface area contributed by atoms with Gasteiger partial charge in [-0.25, -0.2) is 4.98 Å². The maximum atomic E-state index is 5.63. The van der Waals surface area contributed by atoms with Crippen LogP contribution in [0.3, 0.4) is 0 Å². The van der Waals surface area contributed by atoms with Gasteiger partial charge >= 0.3 is 0 Å². The third-order valence-electron chi connectivity index (χ3n) is 3.14. The van der Waals surface area contributed by atoms with Gasteiger partial charge in [0.15, 0.2) is 5.58 Å². The Hall–Kier alpha value is -1.88. The molecule has 0 bridgehead atoms. The van der Waals surface area contributed by atoms with Crippen molar-refractivity contribution in [2.24, 2.45) is 0 Å². The van der Waals surface area contributed by atoms with Crippen LogP contribution in [0.15, 0.2) is 34.1 Å². The molecule has 0 aliphatic rings. The second-order valence-electron chi connectivity index (χ2n) is 6.06. The van der Waals surface area contributed by atoms with Crippen LogP contribution in [0.2, 0.25) is 0 Å². The van der Waals surface area contributed by atoms with E-state index < -0.39 is 0 Å². The van der Waals surface area contributed by atoms with Gasteiger partial charge in [0.2, 0.25) is 0 Å². The number of benzene rings is 1. The molecule has 1 N–H and O–H groups in total. The molecule has 1 aromatic carbocycles. The summed E-state index contributed by atoms with van der Waals surface area (Å²) in [7, 11) is 0. The minimum Gasteiger partial charge on any atom is -0.424 e. The van der Waals surface area contributed by atoms with Crippen LogP contribution in [0.4, 0.5) is 6.01 Å². The molecule has 0 saturated heterocycles. The number of para-hydroxylation sites is 2. The standard InChI is InChI=1S/C16H19N3OS/c1-16(2,3)14-18-11(10-21-14)8-9-17-15-19-12-6-4-5-7-13(12)20-15/h4-7,10H,8-9H2,1-3H3,(H,17,19). The van der Waals surface area contributed by atoms with Gasteiger partial charge in [0.1, 0.15) is 5.52 Å². The number of thiazole rings is 1. The Balaban J connectivity index is 1.59. The fourth-order valence-corrected chi connectivity index (χ4v) is 2.95. The van der Waals surface area contributed by atoms with Crippen molar-refractivity contribution in [3.05, 3.63) is 40.3 Å². The Bertz CT molecular complexity index is 706. The molecular weight excluding hydrogens is 282 g/mol. The number of nitrogens with one attached hydrogen (secondary N) is 1. The van der Waals surface area contributed by atoms with E-state index in [9.17, 15) is 0 Å². The van der Waals surface area contributed by atoms with E-state index in [1.54, 1.807) is 11.3 Å². The zero-order valence-electron chi connectivity index (χ0n) is 12.5. The van der Waals surface area contributed by atoms with Crippen LogP contribution in [0.1, 0.15) is 31.5 Å². The predicted molar refractivity (Wildman–Crippen MR) is 87.0 cm³/mol. The third kappa shape index (κ3) is 3.24. The Morgan fingerprint density at radius 3 is 2.71 bits per heavy atom. The van der Waals surface area contributed by atoms with Crippen molar-refractivity contribution in [2.45, 2.75) is 32.6 Å². The highest BCUT2D eigenvalue weighted by atomic mass is 32.1. The molecule has 3 aromatic rings. The quantitative estimate of drug-likeness (QED) is 0.783. The number of anilines is 1. The van der Waals surface area contributed by atoms with Crippen LogP contribution in [-0.2, 0) is 11.8 Å². The summed E-state index contributed by atoms with van der Waals surface area (Å²) >= 11 is 1.73. The molecule has 21 heavy (non-hydrogen) atoms. The van der Waals surface area contributed by atoms with E-state index in [0.717, 1.165) is 29.8 Å². The predicted octanol–water partition coefficient (Wildman–Crippen LogP) is 4.24. The van der Waals surface area contributed by atoms with E-state index in [1.807, 2.05) is 24.3 Å².